The second-order valence-electron chi connectivity index (χ2n) is 4.00. The van der Waals surface area contributed by atoms with Crippen molar-refractivity contribution in [2.24, 2.45) is 0 Å². The van der Waals surface area contributed by atoms with E-state index in [4.69, 9.17) is 11.6 Å². The number of nitrogens with one attached hydrogen (secondary N) is 1. The molecule has 0 spiro atoms. The van der Waals surface area contributed by atoms with E-state index in [1.165, 1.54) is 12.8 Å². The third-order valence-electron chi connectivity index (χ3n) is 2.62. The minimum absolute atomic E-state index is 0.721. The third kappa shape index (κ3) is 1.98. The van der Waals surface area contributed by atoms with E-state index in [-0.39, 0.29) is 0 Å². The van der Waals surface area contributed by atoms with Crippen molar-refractivity contribution in [3.05, 3.63) is 35.2 Å². The van der Waals surface area contributed by atoms with E-state index >= 15 is 0 Å². The molecule has 0 amide bonds. The van der Waals surface area contributed by atoms with Crippen LogP contribution in [0.4, 0.5) is 0 Å². The molecule has 2 heterocycles. The van der Waals surface area contributed by atoms with Crippen LogP contribution in [0.3, 0.4) is 0 Å². The molecule has 0 aromatic carbocycles. The predicted octanol–water partition coefficient (Wildman–Crippen LogP) is 2.24. The average molecular weight is 222 g/mol. The number of hydrogen-bond acceptors (Lipinski definition) is 2. The molecule has 0 atom stereocenters. The van der Waals surface area contributed by atoms with Gasteiger partial charge in [-0.25, -0.2) is 4.98 Å². The first-order valence-corrected chi connectivity index (χ1v) is 5.55. The van der Waals surface area contributed by atoms with Gasteiger partial charge in [0.05, 0.1) is 5.69 Å². The topological polar surface area (TPSA) is 29.3 Å². The van der Waals surface area contributed by atoms with Gasteiger partial charge in [0.25, 0.3) is 0 Å². The number of halogens is 1. The zero-order chi connectivity index (χ0) is 10.3. The highest BCUT2D eigenvalue weighted by Gasteiger charge is 2.20. The fourth-order valence-electron chi connectivity index (χ4n) is 1.63. The third-order valence-corrected chi connectivity index (χ3v) is 2.86. The summed E-state index contributed by atoms with van der Waals surface area (Å²) in [6.45, 7) is 0.851. The number of rotatable bonds is 3. The summed E-state index contributed by atoms with van der Waals surface area (Å²) >= 11 is 5.90. The Morgan fingerprint density at radius 1 is 1.53 bits per heavy atom. The second-order valence-corrected chi connectivity index (χ2v) is 4.43. The zero-order valence-corrected chi connectivity index (χ0v) is 9.04. The van der Waals surface area contributed by atoms with Gasteiger partial charge >= 0.3 is 0 Å². The van der Waals surface area contributed by atoms with Crippen LogP contribution >= 0.6 is 11.6 Å². The molecule has 0 aliphatic heterocycles. The number of pyridine rings is 1. The van der Waals surface area contributed by atoms with Crippen molar-refractivity contribution in [3.63, 3.8) is 0 Å². The van der Waals surface area contributed by atoms with Crippen LogP contribution in [0, 0.1) is 0 Å². The average Bonchev–Trinajstić information content (AvgIpc) is 2.95. The molecule has 78 valence electrons. The maximum absolute atomic E-state index is 5.90. The Kier molecular flexibility index (Phi) is 2.15. The summed E-state index contributed by atoms with van der Waals surface area (Å²) < 4.78 is 2.00. The van der Waals surface area contributed by atoms with Crippen molar-refractivity contribution in [1.82, 2.24) is 14.7 Å². The lowest BCUT2D eigenvalue weighted by atomic mass is 10.4. The normalized spacial score (nSPS) is 16.1. The van der Waals surface area contributed by atoms with Gasteiger partial charge in [-0.3, -0.25) is 0 Å². The second kappa shape index (κ2) is 3.51. The van der Waals surface area contributed by atoms with Crippen LogP contribution in [0.5, 0.6) is 0 Å². The van der Waals surface area contributed by atoms with Crippen molar-refractivity contribution < 1.29 is 0 Å². The van der Waals surface area contributed by atoms with Crippen molar-refractivity contribution in [3.8, 4) is 0 Å². The predicted molar refractivity (Wildman–Crippen MR) is 60.1 cm³/mol. The molecule has 3 rings (SSSR count). The Morgan fingerprint density at radius 2 is 2.40 bits per heavy atom. The van der Waals surface area contributed by atoms with Crippen molar-refractivity contribution >= 4 is 17.2 Å². The zero-order valence-electron chi connectivity index (χ0n) is 8.28. The van der Waals surface area contributed by atoms with E-state index in [0.717, 1.165) is 29.0 Å². The molecule has 1 aliphatic carbocycles. The van der Waals surface area contributed by atoms with Crippen LogP contribution in [0.25, 0.3) is 5.65 Å². The highest BCUT2D eigenvalue weighted by Crippen LogP contribution is 2.19. The van der Waals surface area contributed by atoms with E-state index in [2.05, 4.69) is 10.3 Å². The van der Waals surface area contributed by atoms with E-state index < -0.39 is 0 Å². The standard InChI is InChI=1S/C11H12ClN3/c12-8-3-4-15-7-10(14-11(15)5-8)6-13-9-1-2-9/h3-5,7,9,13H,1-2,6H2. The first-order valence-electron chi connectivity index (χ1n) is 5.18. The highest BCUT2D eigenvalue weighted by molar-refractivity contribution is 6.30. The Bertz CT molecular complexity index is 488. The lowest BCUT2D eigenvalue weighted by Gasteiger charge is -1.96. The molecule has 0 unspecified atom stereocenters. The largest absolute Gasteiger partial charge is 0.308 e. The van der Waals surface area contributed by atoms with Gasteiger partial charge in [0.2, 0.25) is 0 Å². The van der Waals surface area contributed by atoms with E-state index in [1.54, 1.807) is 0 Å². The fourth-order valence-corrected chi connectivity index (χ4v) is 1.79. The minimum Gasteiger partial charge on any atom is -0.308 e. The molecule has 15 heavy (non-hydrogen) atoms. The molecule has 2 aromatic heterocycles. The Labute approximate surface area is 93.1 Å². The number of fused-ring (bicyclic) bond motifs is 1. The van der Waals surface area contributed by atoms with E-state index in [1.807, 2.05) is 28.9 Å². The summed E-state index contributed by atoms with van der Waals surface area (Å²) in [5.41, 5.74) is 1.99. The molecular formula is C11H12ClN3. The monoisotopic (exact) mass is 221 g/mol. The molecule has 0 radical (unpaired) electrons. The molecule has 1 N–H and O–H groups in total. The number of imidazole rings is 1. The van der Waals surface area contributed by atoms with Crippen LogP contribution in [-0.2, 0) is 6.54 Å². The van der Waals surface area contributed by atoms with Crippen molar-refractivity contribution in [2.75, 3.05) is 0 Å². The molecule has 2 aromatic rings. The summed E-state index contributed by atoms with van der Waals surface area (Å²) in [6.07, 6.45) is 6.59. The molecule has 1 aliphatic rings. The summed E-state index contributed by atoms with van der Waals surface area (Å²) in [6, 6.07) is 4.47. The van der Waals surface area contributed by atoms with Gasteiger partial charge in [0, 0.05) is 30.0 Å². The van der Waals surface area contributed by atoms with E-state index in [0.29, 0.717) is 0 Å². The molecule has 0 bridgehead atoms. The number of hydrogen-bond donors (Lipinski definition) is 1. The Balaban J connectivity index is 1.84. The van der Waals surface area contributed by atoms with Crippen LogP contribution in [-0.4, -0.2) is 15.4 Å². The Morgan fingerprint density at radius 3 is 3.20 bits per heavy atom. The number of aromatic nitrogens is 2. The lowest BCUT2D eigenvalue weighted by Crippen LogP contribution is -2.15. The van der Waals surface area contributed by atoms with Crippen LogP contribution in [0.1, 0.15) is 18.5 Å². The van der Waals surface area contributed by atoms with Crippen molar-refractivity contribution in [1.29, 1.82) is 0 Å². The first-order chi connectivity index (χ1) is 7.31. The molecule has 1 fully saturated rings. The summed E-state index contributed by atoms with van der Waals surface area (Å²) in [5, 5.41) is 4.17. The Hall–Kier alpha value is -1.06. The van der Waals surface area contributed by atoms with Gasteiger partial charge in [-0.1, -0.05) is 11.6 Å². The minimum atomic E-state index is 0.721. The smallest absolute Gasteiger partial charge is 0.138 e. The van der Waals surface area contributed by atoms with Gasteiger partial charge < -0.3 is 9.72 Å². The van der Waals surface area contributed by atoms with Gasteiger partial charge in [0.1, 0.15) is 5.65 Å². The lowest BCUT2D eigenvalue weighted by molar-refractivity contribution is 0.677. The molecule has 1 saturated carbocycles. The first kappa shape index (κ1) is 9.19. The molecule has 4 heteroatoms. The van der Waals surface area contributed by atoms with Crippen LogP contribution in [0.2, 0.25) is 5.02 Å². The SMILES string of the molecule is Clc1ccn2cc(CNC3CC3)nc2c1. The van der Waals surface area contributed by atoms with Crippen molar-refractivity contribution in [2.45, 2.75) is 25.4 Å². The fraction of sp³-hybridized carbons (Fsp3) is 0.364. The summed E-state index contributed by atoms with van der Waals surface area (Å²) in [4.78, 5) is 4.49. The summed E-state index contributed by atoms with van der Waals surface area (Å²) in [5.74, 6) is 0. The molecular weight excluding hydrogens is 210 g/mol. The van der Waals surface area contributed by atoms with Gasteiger partial charge in [-0.2, -0.15) is 0 Å². The number of nitrogens with zero attached hydrogens (tertiary/aromatic N) is 2. The molecule has 0 saturated heterocycles. The maximum atomic E-state index is 5.90. The molecule has 3 nitrogen and oxygen atoms in total. The highest BCUT2D eigenvalue weighted by atomic mass is 35.5. The van der Waals surface area contributed by atoms with Gasteiger partial charge in [-0.05, 0) is 25.0 Å². The van der Waals surface area contributed by atoms with E-state index in [9.17, 15) is 0 Å². The summed E-state index contributed by atoms with van der Waals surface area (Å²) in [7, 11) is 0. The quantitative estimate of drug-likeness (QED) is 0.862. The van der Waals surface area contributed by atoms with Crippen LogP contribution in [0.15, 0.2) is 24.5 Å². The maximum Gasteiger partial charge on any atom is 0.138 e. The van der Waals surface area contributed by atoms with Crippen LogP contribution < -0.4 is 5.32 Å². The van der Waals surface area contributed by atoms with Gasteiger partial charge in [-0.15, -0.1) is 0 Å². The van der Waals surface area contributed by atoms with Gasteiger partial charge in [0.15, 0.2) is 0 Å².